The van der Waals surface area contributed by atoms with E-state index in [4.69, 9.17) is 4.74 Å². The van der Waals surface area contributed by atoms with Crippen molar-refractivity contribution in [1.29, 1.82) is 0 Å². The average Bonchev–Trinajstić information content (AvgIpc) is 3.04. The highest BCUT2D eigenvalue weighted by Gasteiger charge is 2.53. The summed E-state index contributed by atoms with van der Waals surface area (Å²) in [5, 5.41) is 10.9. The molecule has 0 unspecified atom stereocenters. The van der Waals surface area contributed by atoms with Crippen LogP contribution in [0.4, 0.5) is 5.69 Å². The second-order valence-electron chi connectivity index (χ2n) is 6.20. The number of thioether (sulfide) groups is 1. The number of hydrogen-bond acceptors (Lipinski definition) is 6. The van der Waals surface area contributed by atoms with Gasteiger partial charge in [0.15, 0.2) is 0 Å². The van der Waals surface area contributed by atoms with Crippen molar-refractivity contribution in [3.8, 4) is 0 Å². The molecule has 2 aliphatic heterocycles. The Morgan fingerprint density at radius 1 is 1.54 bits per heavy atom. The van der Waals surface area contributed by atoms with E-state index >= 15 is 0 Å². The van der Waals surface area contributed by atoms with Crippen molar-refractivity contribution in [2.24, 2.45) is 0 Å². The summed E-state index contributed by atoms with van der Waals surface area (Å²) in [4.78, 5) is 36.3. The number of hydrogen-bond donors (Lipinski definition) is 0. The SMILES string of the molecule is C[C@@H](OC(=O)[C@H]1CS[C@@]2(C)CCC(=O)N12)c1cccc([N+](=O)[O-])c1. The van der Waals surface area contributed by atoms with Gasteiger partial charge in [0.1, 0.15) is 12.1 Å². The van der Waals surface area contributed by atoms with E-state index in [9.17, 15) is 19.7 Å². The molecule has 3 atom stereocenters. The van der Waals surface area contributed by atoms with E-state index in [1.54, 1.807) is 35.7 Å². The molecule has 0 saturated carbocycles. The summed E-state index contributed by atoms with van der Waals surface area (Å²) < 4.78 is 5.49. The minimum atomic E-state index is -0.619. The lowest BCUT2D eigenvalue weighted by atomic mass is 10.1. The Bertz CT molecular complexity index is 709. The van der Waals surface area contributed by atoms with Crippen LogP contribution in [-0.4, -0.2) is 38.4 Å². The third-order valence-corrected chi connectivity index (χ3v) is 6.07. The Morgan fingerprint density at radius 2 is 2.29 bits per heavy atom. The smallest absolute Gasteiger partial charge is 0.330 e. The van der Waals surface area contributed by atoms with Gasteiger partial charge in [0.2, 0.25) is 5.91 Å². The third-order valence-electron chi connectivity index (χ3n) is 4.56. The summed E-state index contributed by atoms with van der Waals surface area (Å²) in [7, 11) is 0. The van der Waals surface area contributed by atoms with Crippen molar-refractivity contribution < 1.29 is 19.2 Å². The molecule has 7 nitrogen and oxygen atoms in total. The molecule has 1 aromatic rings. The van der Waals surface area contributed by atoms with E-state index in [2.05, 4.69) is 0 Å². The van der Waals surface area contributed by atoms with E-state index in [1.165, 1.54) is 12.1 Å². The Kier molecular flexibility index (Phi) is 4.25. The maximum absolute atomic E-state index is 12.5. The number of ether oxygens (including phenoxy) is 1. The molecule has 0 bridgehead atoms. The van der Waals surface area contributed by atoms with Crippen LogP contribution in [0.15, 0.2) is 24.3 Å². The maximum atomic E-state index is 12.5. The minimum Gasteiger partial charge on any atom is -0.456 e. The predicted octanol–water partition coefficient (Wildman–Crippen LogP) is 2.65. The van der Waals surface area contributed by atoms with Gasteiger partial charge in [-0.15, -0.1) is 11.8 Å². The Hall–Kier alpha value is -2.09. The van der Waals surface area contributed by atoms with Gasteiger partial charge in [0.25, 0.3) is 5.69 Å². The molecular formula is C16H18N2O5S. The van der Waals surface area contributed by atoms with Crippen LogP contribution in [0, 0.1) is 10.1 Å². The molecule has 0 aliphatic carbocycles. The molecule has 0 radical (unpaired) electrons. The number of nitrogens with zero attached hydrogens (tertiary/aromatic N) is 2. The van der Waals surface area contributed by atoms with Crippen molar-refractivity contribution in [3.63, 3.8) is 0 Å². The predicted molar refractivity (Wildman–Crippen MR) is 88.3 cm³/mol. The van der Waals surface area contributed by atoms with Gasteiger partial charge in [-0.2, -0.15) is 0 Å². The van der Waals surface area contributed by atoms with Gasteiger partial charge in [-0.3, -0.25) is 14.9 Å². The van der Waals surface area contributed by atoms with Crippen LogP contribution in [-0.2, 0) is 14.3 Å². The number of nitro benzene ring substituents is 1. The molecule has 0 aromatic heterocycles. The van der Waals surface area contributed by atoms with E-state index in [1.807, 2.05) is 6.92 Å². The number of amides is 1. The second-order valence-corrected chi connectivity index (χ2v) is 7.70. The molecule has 2 saturated heterocycles. The van der Waals surface area contributed by atoms with Gasteiger partial charge in [-0.25, -0.2) is 4.79 Å². The highest BCUT2D eigenvalue weighted by atomic mass is 32.2. The first-order chi connectivity index (χ1) is 11.3. The van der Waals surface area contributed by atoms with Crippen molar-refractivity contribution in [1.82, 2.24) is 4.90 Å². The zero-order valence-corrected chi connectivity index (χ0v) is 14.2. The molecular weight excluding hydrogens is 332 g/mol. The number of carbonyl (C=O) groups is 2. The van der Waals surface area contributed by atoms with Gasteiger partial charge in [-0.05, 0) is 25.8 Å². The van der Waals surface area contributed by atoms with E-state index in [0.29, 0.717) is 17.7 Å². The zero-order chi connectivity index (χ0) is 17.5. The summed E-state index contributed by atoms with van der Waals surface area (Å²) in [5.74, 6) is 0.0378. The summed E-state index contributed by atoms with van der Waals surface area (Å²) in [6.45, 7) is 3.64. The highest BCUT2D eigenvalue weighted by molar-refractivity contribution is 8.01. The molecule has 2 fully saturated rings. The fourth-order valence-corrected chi connectivity index (χ4v) is 4.62. The molecule has 2 aliphatic rings. The number of nitro groups is 1. The molecule has 3 rings (SSSR count). The number of benzene rings is 1. The average molecular weight is 350 g/mol. The summed E-state index contributed by atoms with van der Waals surface area (Å²) in [6.07, 6.45) is 0.570. The van der Waals surface area contributed by atoms with E-state index in [-0.39, 0.29) is 16.5 Å². The van der Waals surface area contributed by atoms with Crippen molar-refractivity contribution >= 4 is 29.3 Å². The zero-order valence-electron chi connectivity index (χ0n) is 13.4. The van der Waals surface area contributed by atoms with Crippen LogP contribution in [0.5, 0.6) is 0 Å². The van der Waals surface area contributed by atoms with Gasteiger partial charge >= 0.3 is 5.97 Å². The number of esters is 1. The molecule has 2 heterocycles. The Labute approximate surface area is 143 Å². The molecule has 24 heavy (non-hydrogen) atoms. The highest BCUT2D eigenvalue weighted by Crippen LogP contribution is 2.47. The molecule has 0 N–H and O–H groups in total. The summed E-state index contributed by atoms with van der Waals surface area (Å²) in [5.41, 5.74) is 0.507. The van der Waals surface area contributed by atoms with Crippen LogP contribution in [0.3, 0.4) is 0 Å². The molecule has 8 heteroatoms. The van der Waals surface area contributed by atoms with Crippen LogP contribution in [0.2, 0.25) is 0 Å². The lowest BCUT2D eigenvalue weighted by Crippen LogP contribution is -2.46. The minimum absolute atomic E-state index is 0.0209. The van der Waals surface area contributed by atoms with E-state index < -0.39 is 23.0 Å². The van der Waals surface area contributed by atoms with Crippen LogP contribution < -0.4 is 0 Å². The van der Waals surface area contributed by atoms with Gasteiger partial charge in [0, 0.05) is 24.3 Å². The van der Waals surface area contributed by atoms with Crippen LogP contribution >= 0.6 is 11.8 Å². The number of fused-ring (bicyclic) bond motifs is 1. The monoisotopic (exact) mass is 350 g/mol. The first-order valence-electron chi connectivity index (χ1n) is 7.73. The Balaban J connectivity index is 1.72. The Morgan fingerprint density at radius 3 is 3.00 bits per heavy atom. The fourth-order valence-electron chi connectivity index (χ4n) is 3.21. The first kappa shape index (κ1) is 16.8. The van der Waals surface area contributed by atoms with E-state index in [0.717, 1.165) is 6.42 Å². The normalized spacial score (nSPS) is 27.0. The molecule has 1 amide bonds. The largest absolute Gasteiger partial charge is 0.456 e. The quantitative estimate of drug-likeness (QED) is 0.471. The van der Waals surface area contributed by atoms with Crippen molar-refractivity contribution in [2.45, 2.75) is 43.7 Å². The maximum Gasteiger partial charge on any atom is 0.330 e. The lowest BCUT2D eigenvalue weighted by Gasteiger charge is -2.30. The standard InChI is InChI=1S/C16H18N2O5S/c1-10(11-4-3-5-12(8-11)18(21)22)23-15(20)13-9-24-16(2)7-6-14(19)17(13)16/h3-5,8,10,13H,6-7,9H2,1-2H3/t10-,13-,16+/m1/s1. The summed E-state index contributed by atoms with van der Waals surface area (Å²) in [6, 6.07) is 5.44. The number of carbonyl (C=O) groups excluding carboxylic acids is 2. The lowest BCUT2D eigenvalue weighted by molar-refractivity contribution is -0.385. The molecule has 128 valence electrons. The third kappa shape index (κ3) is 2.86. The fraction of sp³-hybridized carbons (Fsp3) is 0.500. The van der Waals surface area contributed by atoms with Gasteiger partial charge in [-0.1, -0.05) is 12.1 Å². The van der Waals surface area contributed by atoms with Crippen LogP contribution in [0.1, 0.15) is 38.4 Å². The van der Waals surface area contributed by atoms with Crippen molar-refractivity contribution in [3.05, 3.63) is 39.9 Å². The molecule has 1 aromatic carbocycles. The number of non-ortho nitro benzene ring substituents is 1. The van der Waals surface area contributed by atoms with Gasteiger partial charge < -0.3 is 9.64 Å². The van der Waals surface area contributed by atoms with Crippen molar-refractivity contribution in [2.75, 3.05) is 5.75 Å². The molecule has 0 spiro atoms. The second kappa shape index (κ2) is 6.08. The van der Waals surface area contributed by atoms with Gasteiger partial charge in [0.05, 0.1) is 9.79 Å². The topological polar surface area (TPSA) is 89.8 Å². The summed E-state index contributed by atoms with van der Waals surface area (Å²) >= 11 is 1.60. The van der Waals surface area contributed by atoms with Crippen LogP contribution in [0.25, 0.3) is 0 Å². The number of rotatable bonds is 4. The first-order valence-corrected chi connectivity index (χ1v) is 8.71.